The maximum atomic E-state index is 13.7. The Bertz CT molecular complexity index is 1370. The smallest absolute Gasteiger partial charge is 0.346 e. The van der Waals surface area contributed by atoms with Gasteiger partial charge in [0.2, 0.25) is 0 Å². The van der Waals surface area contributed by atoms with E-state index in [2.05, 4.69) is 6.92 Å². The van der Waals surface area contributed by atoms with Crippen LogP contribution in [-0.4, -0.2) is 11.8 Å². The highest BCUT2D eigenvalue weighted by atomic mass is 16.7. The number of fused-ring (bicyclic) bond motifs is 1. The molecule has 1 aliphatic rings. The molecule has 0 N–H and O–H groups in total. The van der Waals surface area contributed by atoms with Gasteiger partial charge in [-0.05, 0) is 23.6 Å². The van der Waals surface area contributed by atoms with Crippen molar-refractivity contribution in [3.63, 3.8) is 0 Å². The zero-order valence-electron chi connectivity index (χ0n) is 22.1. The second kappa shape index (κ2) is 12.0. The highest BCUT2D eigenvalue weighted by molar-refractivity contribution is 5.97. The molecule has 0 bridgehead atoms. The van der Waals surface area contributed by atoms with Gasteiger partial charge in [-0.1, -0.05) is 111 Å². The third-order valence-electron chi connectivity index (χ3n) is 6.85. The molecule has 5 nitrogen and oxygen atoms in total. The summed E-state index contributed by atoms with van der Waals surface area (Å²) in [4.78, 5) is 26.7. The van der Waals surface area contributed by atoms with Crippen LogP contribution in [0.25, 0.3) is 0 Å². The van der Waals surface area contributed by atoms with E-state index in [4.69, 9.17) is 14.2 Å². The fraction of sp³-hybridized carbons (Fsp3) is 0.235. The molecule has 4 aromatic carbocycles. The van der Waals surface area contributed by atoms with Crippen LogP contribution in [0.1, 0.15) is 65.2 Å². The van der Waals surface area contributed by atoms with Gasteiger partial charge in [0.05, 0.1) is 0 Å². The maximum Gasteiger partial charge on any atom is 0.346 e. The monoisotopic (exact) mass is 520 g/mol. The van der Waals surface area contributed by atoms with E-state index >= 15 is 0 Å². The van der Waals surface area contributed by atoms with Gasteiger partial charge in [0, 0.05) is 30.0 Å². The number of esters is 1. The van der Waals surface area contributed by atoms with E-state index in [1.54, 1.807) is 12.1 Å². The number of carbonyl (C=O) groups excluding carboxylic acids is 2. The van der Waals surface area contributed by atoms with E-state index in [1.165, 1.54) is 0 Å². The molecule has 0 aliphatic carbocycles. The summed E-state index contributed by atoms with van der Waals surface area (Å²) in [6, 6.07) is 32.2. The zero-order valence-corrected chi connectivity index (χ0v) is 22.1. The summed E-state index contributed by atoms with van der Waals surface area (Å²) in [5.74, 6) is -1.08. The normalized spacial score (nSPS) is 13.6. The van der Waals surface area contributed by atoms with E-state index in [0.717, 1.165) is 24.8 Å². The molecule has 4 aromatic rings. The van der Waals surface area contributed by atoms with E-state index in [9.17, 15) is 9.59 Å². The first kappa shape index (κ1) is 26.2. The molecule has 0 aromatic heterocycles. The van der Waals surface area contributed by atoms with Crippen molar-refractivity contribution in [2.45, 2.75) is 51.4 Å². The number of ketones is 1. The average Bonchev–Trinajstić information content (AvgIpc) is 2.97. The average molecular weight is 521 g/mol. The van der Waals surface area contributed by atoms with Gasteiger partial charge in [-0.15, -0.1) is 0 Å². The molecule has 5 heteroatoms. The summed E-state index contributed by atoms with van der Waals surface area (Å²) in [7, 11) is 0. The molecule has 0 radical (unpaired) electrons. The Balaban J connectivity index is 1.56. The molecular weight excluding hydrogens is 488 g/mol. The van der Waals surface area contributed by atoms with Crippen molar-refractivity contribution >= 4 is 11.8 Å². The first-order valence-corrected chi connectivity index (χ1v) is 13.5. The number of Topliss-reactive ketones (excluding diaryl/α,β-unsaturated/α-hetero) is 1. The standard InChI is InChI=1S/C34H32O5/c1-2-3-7-20-29(35)21-26-22-30(37-24-25-14-8-4-9-15-25)23-31-32(26)33(36)39-34(38-31,27-16-10-5-11-17-27)28-18-12-6-13-19-28/h4-6,8-19,22-23H,2-3,7,20-21,24H2,1H3. The molecule has 0 amide bonds. The Labute approximate surface area is 229 Å². The van der Waals surface area contributed by atoms with Crippen molar-refractivity contribution < 1.29 is 23.8 Å². The molecule has 0 saturated heterocycles. The Morgan fingerprint density at radius 3 is 2.03 bits per heavy atom. The Kier molecular flexibility index (Phi) is 8.07. The maximum absolute atomic E-state index is 13.7. The number of rotatable bonds is 11. The van der Waals surface area contributed by atoms with Crippen LogP contribution in [0, 0.1) is 0 Å². The van der Waals surface area contributed by atoms with Crippen molar-refractivity contribution in [1.82, 2.24) is 0 Å². The molecule has 0 fully saturated rings. The van der Waals surface area contributed by atoms with Gasteiger partial charge in [0.15, 0.2) is 0 Å². The van der Waals surface area contributed by atoms with Crippen LogP contribution in [0.5, 0.6) is 11.5 Å². The van der Waals surface area contributed by atoms with Crippen molar-refractivity contribution in [2.75, 3.05) is 0 Å². The third kappa shape index (κ3) is 5.88. The predicted octanol–water partition coefficient (Wildman–Crippen LogP) is 7.41. The largest absolute Gasteiger partial charge is 0.489 e. The van der Waals surface area contributed by atoms with Gasteiger partial charge < -0.3 is 14.2 Å². The second-order valence-corrected chi connectivity index (χ2v) is 9.74. The lowest BCUT2D eigenvalue weighted by Crippen LogP contribution is -2.43. The van der Waals surface area contributed by atoms with Gasteiger partial charge in [-0.2, -0.15) is 0 Å². The topological polar surface area (TPSA) is 61.8 Å². The zero-order chi connectivity index (χ0) is 27.1. The lowest BCUT2D eigenvalue weighted by Gasteiger charge is -2.38. The fourth-order valence-corrected chi connectivity index (χ4v) is 4.87. The van der Waals surface area contributed by atoms with Crippen molar-refractivity contribution in [3.05, 3.63) is 131 Å². The van der Waals surface area contributed by atoms with Crippen molar-refractivity contribution in [3.8, 4) is 11.5 Å². The molecule has 5 rings (SSSR count). The summed E-state index contributed by atoms with van der Waals surface area (Å²) >= 11 is 0. The van der Waals surface area contributed by atoms with E-state index in [-0.39, 0.29) is 17.8 Å². The van der Waals surface area contributed by atoms with Crippen LogP contribution in [0.2, 0.25) is 0 Å². The summed E-state index contributed by atoms with van der Waals surface area (Å²) < 4.78 is 18.9. The number of cyclic esters (lactones) is 1. The molecule has 39 heavy (non-hydrogen) atoms. The Hall–Kier alpha value is -4.38. The highest BCUT2D eigenvalue weighted by Crippen LogP contribution is 2.45. The van der Waals surface area contributed by atoms with E-state index in [0.29, 0.717) is 41.2 Å². The minimum Gasteiger partial charge on any atom is -0.489 e. The lowest BCUT2D eigenvalue weighted by atomic mass is 9.93. The van der Waals surface area contributed by atoms with Crippen LogP contribution < -0.4 is 9.47 Å². The SMILES string of the molecule is CCCCCC(=O)Cc1cc(OCc2ccccc2)cc2c1C(=O)OC(c1ccccc1)(c1ccccc1)O2. The summed E-state index contributed by atoms with van der Waals surface area (Å²) in [6.07, 6.45) is 3.43. The quantitative estimate of drug-likeness (QED) is 0.152. The first-order chi connectivity index (χ1) is 19.1. The van der Waals surface area contributed by atoms with Gasteiger partial charge >= 0.3 is 11.8 Å². The highest BCUT2D eigenvalue weighted by Gasteiger charge is 2.47. The summed E-state index contributed by atoms with van der Waals surface area (Å²) in [6.45, 7) is 2.45. The predicted molar refractivity (Wildman–Crippen MR) is 150 cm³/mol. The molecule has 198 valence electrons. The lowest BCUT2D eigenvalue weighted by molar-refractivity contribution is -0.131. The second-order valence-electron chi connectivity index (χ2n) is 9.74. The number of unbranched alkanes of at least 4 members (excludes halogenated alkanes) is 2. The summed E-state index contributed by atoms with van der Waals surface area (Å²) in [5, 5.41) is 0. The van der Waals surface area contributed by atoms with Gasteiger partial charge in [-0.25, -0.2) is 4.79 Å². The van der Waals surface area contributed by atoms with Crippen molar-refractivity contribution in [1.29, 1.82) is 0 Å². The van der Waals surface area contributed by atoms with E-state index < -0.39 is 11.8 Å². The minimum absolute atomic E-state index is 0.0709. The number of carbonyl (C=O) groups is 2. The van der Waals surface area contributed by atoms with Gasteiger partial charge in [0.1, 0.15) is 29.5 Å². The Morgan fingerprint density at radius 1 is 0.795 bits per heavy atom. The van der Waals surface area contributed by atoms with Crippen LogP contribution >= 0.6 is 0 Å². The molecular formula is C34H32O5. The third-order valence-corrected chi connectivity index (χ3v) is 6.85. The molecule has 1 aliphatic heterocycles. The molecule has 0 unspecified atom stereocenters. The van der Waals surface area contributed by atoms with Crippen LogP contribution in [0.4, 0.5) is 0 Å². The first-order valence-electron chi connectivity index (χ1n) is 13.5. The van der Waals surface area contributed by atoms with Gasteiger partial charge in [0.25, 0.3) is 0 Å². The molecule has 0 spiro atoms. The van der Waals surface area contributed by atoms with Crippen molar-refractivity contribution in [2.24, 2.45) is 0 Å². The molecule has 1 heterocycles. The van der Waals surface area contributed by atoms with Crippen LogP contribution in [-0.2, 0) is 28.3 Å². The minimum atomic E-state index is -1.48. The van der Waals surface area contributed by atoms with Crippen LogP contribution in [0.3, 0.4) is 0 Å². The molecule has 0 atom stereocenters. The number of hydrogen-bond acceptors (Lipinski definition) is 5. The number of benzene rings is 4. The summed E-state index contributed by atoms with van der Waals surface area (Å²) in [5.41, 5.74) is 3.20. The molecule has 0 saturated carbocycles. The van der Waals surface area contributed by atoms with E-state index in [1.807, 2.05) is 91.0 Å². The fourth-order valence-electron chi connectivity index (χ4n) is 4.87. The van der Waals surface area contributed by atoms with Gasteiger partial charge in [-0.3, -0.25) is 4.79 Å². The number of ether oxygens (including phenoxy) is 3. The number of hydrogen-bond donors (Lipinski definition) is 0. The Morgan fingerprint density at radius 2 is 1.41 bits per heavy atom. The van der Waals surface area contributed by atoms with Crippen LogP contribution in [0.15, 0.2) is 103 Å².